The Hall–Kier alpha value is -2.96. The summed E-state index contributed by atoms with van der Waals surface area (Å²) in [7, 11) is 0. The Morgan fingerprint density at radius 2 is 1.92 bits per heavy atom. The monoisotopic (exact) mass is 356 g/mol. The number of benzene rings is 1. The molecule has 26 heavy (non-hydrogen) atoms. The number of esters is 1. The van der Waals surface area contributed by atoms with Crippen LogP contribution in [0.1, 0.15) is 54.0 Å². The summed E-state index contributed by atoms with van der Waals surface area (Å²) in [4.78, 5) is 32.6. The van der Waals surface area contributed by atoms with Crippen LogP contribution in [0.15, 0.2) is 36.5 Å². The predicted octanol–water partition coefficient (Wildman–Crippen LogP) is 3.32. The van der Waals surface area contributed by atoms with Crippen LogP contribution >= 0.6 is 0 Å². The maximum atomic E-state index is 12.2. The average molecular weight is 356 g/mol. The molecule has 0 bridgehead atoms. The molecule has 2 aromatic rings. The van der Waals surface area contributed by atoms with E-state index in [1.54, 1.807) is 37.3 Å². The van der Waals surface area contributed by atoms with Gasteiger partial charge < -0.3 is 15.4 Å². The molecule has 0 aliphatic heterocycles. The fraction of sp³-hybridized carbons (Fsp3) is 0.368. The number of nitrogens with one attached hydrogen (secondary N) is 2. The van der Waals surface area contributed by atoms with Gasteiger partial charge in [0.2, 0.25) is 5.95 Å². The minimum absolute atomic E-state index is 0.239. The summed E-state index contributed by atoms with van der Waals surface area (Å²) in [5.41, 5.74) is 1.17. The minimum Gasteiger partial charge on any atom is -0.462 e. The first-order valence-corrected chi connectivity index (χ1v) is 8.80. The third-order valence-electron chi connectivity index (χ3n) is 3.62. The number of carbonyl (C=O) groups is 2. The summed E-state index contributed by atoms with van der Waals surface area (Å²) >= 11 is 0. The zero-order valence-electron chi connectivity index (χ0n) is 15.1. The quantitative estimate of drug-likeness (QED) is 0.529. The maximum absolute atomic E-state index is 12.2. The SMILES string of the molecule is CCCCCNC(=O)c1ccnc(Nc2ccccc2C(=O)OCC)n1. The van der Waals surface area contributed by atoms with Gasteiger partial charge in [0.25, 0.3) is 5.91 Å². The summed E-state index contributed by atoms with van der Waals surface area (Å²) < 4.78 is 5.05. The van der Waals surface area contributed by atoms with Crippen LogP contribution in [-0.4, -0.2) is 35.0 Å². The van der Waals surface area contributed by atoms with Crippen LogP contribution in [0.2, 0.25) is 0 Å². The molecule has 2 rings (SSSR count). The molecule has 7 heteroatoms. The minimum atomic E-state index is -0.430. The molecule has 1 amide bonds. The maximum Gasteiger partial charge on any atom is 0.340 e. The molecule has 0 atom stereocenters. The van der Waals surface area contributed by atoms with E-state index < -0.39 is 5.97 Å². The zero-order valence-corrected chi connectivity index (χ0v) is 15.1. The number of carbonyl (C=O) groups excluding carboxylic acids is 2. The first-order chi connectivity index (χ1) is 12.7. The van der Waals surface area contributed by atoms with Crippen LogP contribution in [0.4, 0.5) is 11.6 Å². The molecule has 7 nitrogen and oxygen atoms in total. The zero-order chi connectivity index (χ0) is 18.8. The standard InChI is InChI=1S/C19H24N4O3/c1-3-5-8-12-20-17(24)16-11-13-21-19(23-16)22-15-10-7-6-9-14(15)18(25)26-4-2/h6-7,9-11,13H,3-5,8,12H2,1-2H3,(H,20,24)(H,21,22,23). The molecule has 0 unspecified atom stereocenters. The Kier molecular flexibility index (Phi) is 7.54. The lowest BCUT2D eigenvalue weighted by Crippen LogP contribution is -2.25. The van der Waals surface area contributed by atoms with Gasteiger partial charge in [0.1, 0.15) is 5.69 Å². The van der Waals surface area contributed by atoms with E-state index in [-0.39, 0.29) is 24.2 Å². The van der Waals surface area contributed by atoms with Crippen LogP contribution in [-0.2, 0) is 4.74 Å². The molecule has 1 aromatic carbocycles. The summed E-state index contributed by atoms with van der Waals surface area (Å²) in [5.74, 6) is -0.436. The van der Waals surface area contributed by atoms with Gasteiger partial charge in [-0.1, -0.05) is 31.9 Å². The van der Waals surface area contributed by atoms with Gasteiger partial charge in [-0.15, -0.1) is 0 Å². The van der Waals surface area contributed by atoms with Gasteiger partial charge in [0, 0.05) is 12.7 Å². The molecule has 0 aliphatic carbocycles. The van der Waals surface area contributed by atoms with Crippen LogP contribution in [0.25, 0.3) is 0 Å². The topological polar surface area (TPSA) is 93.2 Å². The van der Waals surface area contributed by atoms with Crippen molar-refractivity contribution >= 4 is 23.5 Å². The highest BCUT2D eigenvalue weighted by molar-refractivity contribution is 5.96. The molecule has 1 aromatic heterocycles. The lowest BCUT2D eigenvalue weighted by molar-refractivity contribution is 0.0527. The van der Waals surface area contributed by atoms with Crippen LogP contribution in [0.5, 0.6) is 0 Å². The van der Waals surface area contributed by atoms with E-state index >= 15 is 0 Å². The summed E-state index contributed by atoms with van der Waals surface area (Å²) in [6.07, 6.45) is 4.60. The molecule has 0 aliphatic rings. The van der Waals surface area contributed by atoms with Crippen LogP contribution in [0, 0.1) is 0 Å². The number of nitrogens with zero attached hydrogens (tertiary/aromatic N) is 2. The van der Waals surface area contributed by atoms with Crippen molar-refractivity contribution in [3.05, 3.63) is 47.8 Å². The summed E-state index contributed by atoms with van der Waals surface area (Å²) in [5, 5.41) is 5.82. The molecular formula is C19H24N4O3. The van der Waals surface area contributed by atoms with Crippen molar-refractivity contribution in [1.29, 1.82) is 0 Å². The number of ether oxygens (including phenoxy) is 1. The highest BCUT2D eigenvalue weighted by Gasteiger charge is 2.14. The summed E-state index contributed by atoms with van der Waals surface area (Å²) in [6, 6.07) is 8.48. The molecule has 1 heterocycles. The molecule has 0 fully saturated rings. The average Bonchev–Trinajstić information content (AvgIpc) is 2.66. The molecule has 0 spiro atoms. The second kappa shape index (κ2) is 10.1. The fourth-order valence-corrected chi connectivity index (χ4v) is 2.31. The molecule has 0 saturated carbocycles. The van der Waals surface area contributed by atoms with Gasteiger partial charge in [-0.2, -0.15) is 0 Å². The number of hydrogen-bond donors (Lipinski definition) is 2. The molecule has 0 radical (unpaired) electrons. The second-order valence-electron chi connectivity index (χ2n) is 5.62. The van der Waals surface area contributed by atoms with E-state index in [1.165, 1.54) is 6.20 Å². The smallest absolute Gasteiger partial charge is 0.340 e. The normalized spacial score (nSPS) is 10.2. The summed E-state index contributed by atoms with van der Waals surface area (Å²) in [6.45, 7) is 4.76. The number of hydrogen-bond acceptors (Lipinski definition) is 6. The second-order valence-corrected chi connectivity index (χ2v) is 5.62. The Morgan fingerprint density at radius 1 is 1.12 bits per heavy atom. The molecule has 0 saturated heterocycles. The van der Waals surface area contributed by atoms with Crippen molar-refractivity contribution in [2.75, 3.05) is 18.5 Å². The first-order valence-electron chi connectivity index (χ1n) is 8.80. The van der Waals surface area contributed by atoms with E-state index in [2.05, 4.69) is 27.5 Å². The lowest BCUT2D eigenvalue weighted by Gasteiger charge is -2.11. The van der Waals surface area contributed by atoms with Crippen molar-refractivity contribution in [2.45, 2.75) is 33.1 Å². The van der Waals surface area contributed by atoms with E-state index in [9.17, 15) is 9.59 Å². The van der Waals surface area contributed by atoms with E-state index in [0.29, 0.717) is 17.8 Å². The number of para-hydroxylation sites is 1. The number of rotatable bonds is 9. The molecule has 138 valence electrons. The van der Waals surface area contributed by atoms with Crippen molar-refractivity contribution < 1.29 is 14.3 Å². The number of unbranched alkanes of at least 4 members (excludes halogenated alkanes) is 2. The van der Waals surface area contributed by atoms with Crippen molar-refractivity contribution in [3.8, 4) is 0 Å². The first kappa shape index (κ1) is 19.4. The third kappa shape index (κ3) is 5.54. The van der Waals surface area contributed by atoms with Gasteiger partial charge in [0.15, 0.2) is 0 Å². The van der Waals surface area contributed by atoms with Crippen LogP contribution in [0.3, 0.4) is 0 Å². The lowest BCUT2D eigenvalue weighted by atomic mass is 10.2. The Bertz CT molecular complexity index is 749. The highest BCUT2D eigenvalue weighted by atomic mass is 16.5. The number of anilines is 2. The van der Waals surface area contributed by atoms with Gasteiger partial charge in [-0.25, -0.2) is 14.8 Å². The predicted molar refractivity (Wildman–Crippen MR) is 99.6 cm³/mol. The van der Waals surface area contributed by atoms with Gasteiger partial charge >= 0.3 is 5.97 Å². The molecular weight excluding hydrogens is 332 g/mol. The van der Waals surface area contributed by atoms with Crippen molar-refractivity contribution in [3.63, 3.8) is 0 Å². The van der Waals surface area contributed by atoms with Crippen LogP contribution < -0.4 is 10.6 Å². The third-order valence-corrected chi connectivity index (χ3v) is 3.62. The number of amides is 1. The van der Waals surface area contributed by atoms with Gasteiger partial charge in [0.05, 0.1) is 17.9 Å². The number of aromatic nitrogens is 2. The Balaban J connectivity index is 2.09. The van der Waals surface area contributed by atoms with Gasteiger partial charge in [-0.05, 0) is 31.5 Å². The highest BCUT2D eigenvalue weighted by Crippen LogP contribution is 2.19. The van der Waals surface area contributed by atoms with E-state index in [4.69, 9.17) is 4.74 Å². The van der Waals surface area contributed by atoms with E-state index in [0.717, 1.165) is 19.3 Å². The van der Waals surface area contributed by atoms with E-state index in [1.807, 2.05) is 0 Å². The fourth-order valence-electron chi connectivity index (χ4n) is 2.31. The van der Waals surface area contributed by atoms with Crippen molar-refractivity contribution in [1.82, 2.24) is 15.3 Å². The largest absolute Gasteiger partial charge is 0.462 e. The van der Waals surface area contributed by atoms with Gasteiger partial charge in [-0.3, -0.25) is 4.79 Å². The van der Waals surface area contributed by atoms with Crippen molar-refractivity contribution in [2.24, 2.45) is 0 Å². The Morgan fingerprint density at radius 3 is 2.69 bits per heavy atom. The molecule has 2 N–H and O–H groups in total. The Labute approximate surface area is 153 Å².